The van der Waals surface area contributed by atoms with Gasteiger partial charge in [0.1, 0.15) is 49.2 Å². The zero-order valence-electron chi connectivity index (χ0n) is 39.0. The van der Waals surface area contributed by atoms with Crippen molar-refractivity contribution in [2.45, 2.75) is 140 Å². The van der Waals surface area contributed by atoms with Gasteiger partial charge in [-0.15, -0.1) is 5.54 Å². The number of alkyl halides is 1. The number of fused-ring (bicyclic) bond motifs is 5. The molecule has 0 radical (unpaired) electrons. The van der Waals surface area contributed by atoms with Crippen molar-refractivity contribution in [3.05, 3.63) is 52.1 Å². The molecule has 4 aliphatic heterocycles. The molecule has 0 saturated carbocycles. The van der Waals surface area contributed by atoms with Crippen LogP contribution < -0.4 is 20.0 Å². The quantitative estimate of drug-likeness (QED) is 0.0814. The zero-order chi connectivity index (χ0) is 45.9. The highest BCUT2D eigenvalue weighted by Crippen LogP contribution is 2.44. The molecule has 15 heteroatoms. The van der Waals surface area contributed by atoms with Crippen LogP contribution in [0.5, 0.6) is 11.8 Å². The molecule has 64 heavy (non-hydrogen) atoms. The fourth-order valence-corrected chi connectivity index (χ4v) is 16.6. The summed E-state index contributed by atoms with van der Waals surface area (Å²) < 4.78 is 61.0. The van der Waals surface area contributed by atoms with Gasteiger partial charge in [0.2, 0.25) is 0 Å². The highest BCUT2D eigenvalue weighted by Gasteiger charge is 2.50. The topological polar surface area (TPSA) is 120 Å². The minimum atomic E-state index is -2.31. The van der Waals surface area contributed by atoms with Gasteiger partial charge in [0.05, 0.1) is 28.7 Å². The van der Waals surface area contributed by atoms with Gasteiger partial charge >= 0.3 is 17.7 Å². The number of piperazine rings is 1. The monoisotopic (exact) mass is 899 g/mol. The van der Waals surface area contributed by atoms with Gasteiger partial charge in [-0.25, -0.2) is 18.4 Å². The summed E-state index contributed by atoms with van der Waals surface area (Å²) in [7, 11) is -0.786. The number of anilines is 1. The van der Waals surface area contributed by atoms with E-state index in [1.165, 1.54) is 13.2 Å². The van der Waals surface area contributed by atoms with Crippen LogP contribution in [0.1, 0.15) is 100.0 Å². The molecule has 344 valence electrons. The Morgan fingerprint density at radius 1 is 0.984 bits per heavy atom. The van der Waals surface area contributed by atoms with Crippen LogP contribution in [-0.4, -0.2) is 110 Å². The van der Waals surface area contributed by atoms with E-state index in [-0.39, 0.29) is 59.8 Å². The van der Waals surface area contributed by atoms with E-state index < -0.39 is 36.8 Å². The summed E-state index contributed by atoms with van der Waals surface area (Å²) >= 11 is 0. The first-order valence-corrected chi connectivity index (χ1v) is 25.1. The number of nitrogens with zero attached hydrogens (tertiary/aromatic N) is 5. The van der Waals surface area contributed by atoms with E-state index in [9.17, 15) is 14.0 Å². The van der Waals surface area contributed by atoms with Gasteiger partial charge in [0.15, 0.2) is 12.6 Å². The Morgan fingerprint density at radius 2 is 1.69 bits per heavy atom. The molecule has 2 bridgehead atoms. The molecule has 2 unspecified atom stereocenters. The number of halogens is 2. The van der Waals surface area contributed by atoms with Crippen molar-refractivity contribution in [2.75, 3.05) is 51.6 Å². The second-order valence-electron chi connectivity index (χ2n) is 20.2. The number of hydrogen-bond donors (Lipinski definition) is 0. The number of amides is 1. The van der Waals surface area contributed by atoms with Crippen LogP contribution in [0.3, 0.4) is 0 Å². The summed E-state index contributed by atoms with van der Waals surface area (Å²) in [4.78, 5) is 43.8. The van der Waals surface area contributed by atoms with Crippen molar-refractivity contribution in [2.24, 2.45) is 0 Å². The van der Waals surface area contributed by atoms with Gasteiger partial charge in [-0.1, -0.05) is 53.5 Å². The van der Waals surface area contributed by atoms with E-state index in [2.05, 4.69) is 57.9 Å². The average molecular weight is 900 g/mol. The molecule has 0 aliphatic carbocycles. The van der Waals surface area contributed by atoms with Crippen molar-refractivity contribution in [1.82, 2.24) is 19.8 Å². The molecule has 4 aromatic rings. The fraction of sp³-hybridized carbons (Fsp3) is 0.592. The highest BCUT2D eigenvalue weighted by atomic mass is 28.3. The second kappa shape index (κ2) is 17.5. The largest absolute Gasteiger partial charge is 0.468 e. The van der Waals surface area contributed by atoms with Crippen LogP contribution in [0, 0.1) is 17.3 Å². The maximum atomic E-state index is 16.4. The second-order valence-corrected chi connectivity index (χ2v) is 25.8. The van der Waals surface area contributed by atoms with Crippen molar-refractivity contribution >= 4 is 41.7 Å². The minimum absolute atomic E-state index is 0.0430. The molecule has 2 aromatic carbocycles. The van der Waals surface area contributed by atoms with Gasteiger partial charge in [-0.3, -0.25) is 9.80 Å². The zero-order valence-corrected chi connectivity index (χ0v) is 40.0. The molecule has 4 atom stereocenters. The smallest absolute Gasteiger partial charge is 0.410 e. The van der Waals surface area contributed by atoms with Gasteiger partial charge < -0.3 is 28.3 Å². The third-order valence-electron chi connectivity index (χ3n) is 14.1. The molecular formula is C49H63F2N5O7Si. The number of benzene rings is 2. The van der Waals surface area contributed by atoms with Crippen LogP contribution in [-0.2, 0) is 9.47 Å². The van der Waals surface area contributed by atoms with Crippen LogP contribution in [0.2, 0.25) is 16.6 Å². The Labute approximate surface area is 376 Å². The molecule has 0 N–H and O–H groups in total. The van der Waals surface area contributed by atoms with E-state index in [0.29, 0.717) is 70.6 Å². The van der Waals surface area contributed by atoms with E-state index in [0.717, 1.165) is 32.2 Å². The summed E-state index contributed by atoms with van der Waals surface area (Å²) in [5.41, 5.74) is 3.67. The Balaban J connectivity index is 1.29. The first kappa shape index (κ1) is 45.8. The Morgan fingerprint density at radius 3 is 2.34 bits per heavy atom. The summed E-state index contributed by atoms with van der Waals surface area (Å²) in [6.45, 7) is 20.9. The van der Waals surface area contributed by atoms with Crippen molar-refractivity contribution < 1.29 is 36.9 Å². The maximum Gasteiger partial charge on any atom is 0.410 e. The molecular weight excluding hydrogens is 837 g/mol. The first-order valence-electron chi connectivity index (χ1n) is 22.9. The van der Waals surface area contributed by atoms with Crippen LogP contribution >= 0.6 is 0 Å². The van der Waals surface area contributed by atoms with Crippen molar-refractivity contribution in [3.8, 4) is 34.5 Å². The Bertz CT molecular complexity index is 2510. The van der Waals surface area contributed by atoms with E-state index in [1.54, 1.807) is 24.3 Å². The lowest BCUT2D eigenvalue weighted by atomic mass is 9.95. The minimum Gasteiger partial charge on any atom is -0.468 e. The molecule has 12 nitrogen and oxygen atoms in total. The molecule has 6 heterocycles. The lowest BCUT2D eigenvalue weighted by Crippen LogP contribution is -2.57. The molecule has 0 spiro atoms. The van der Waals surface area contributed by atoms with E-state index in [4.69, 9.17) is 33.3 Å². The number of methoxy groups -OCH3 is 1. The van der Waals surface area contributed by atoms with Gasteiger partial charge in [0.25, 0.3) is 0 Å². The van der Waals surface area contributed by atoms with Crippen LogP contribution in [0.25, 0.3) is 33.0 Å². The number of hydrogen-bond acceptors (Lipinski definition) is 11. The normalized spacial score (nSPS) is 22.5. The third kappa shape index (κ3) is 8.46. The predicted molar refractivity (Wildman–Crippen MR) is 247 cm³/mol. The summed E-state index contributed by atoms with van der Waals surface area (Å²) in [6.07, 6.45) is 2.32. The number of carbonyl (C=O) groups is 1. The molecule has 4 saturated heterocycles. The summed E-state index contributed by atoms with van der Waals surface area (Å²) in [5, 5.41) is 1.26. The van der Waals surface area contributed by atoms with E-state index in [1.807, 2.05) is 30.6 Å². The lowest BCUT2D eigenvalue weighted by molar-refractivity contribution is 0.0122. The average Bonchev–Trinajstić information content (AvgIpc) is 3.84. The lowest BCUT2D eigenvalue weighted by Gasteiger charge is -2.41. The molecule has 8 rings (SSSR count). The molecule has 1 amide bonds. The van der Waals surface area contributed by atoms with Gasteiger partial charge in [-0.2, -0.15) is 9.97 Å². The van der Waals surface area contributed by atoms with Gasteiger partial charge in [-0.05, 0) is 93.2 Å². The Hall–Kier alpha value is -4.78. The van der Waals surface area contributed by atoms with Crippen molar-refractivity contribution in [3.63, 3.8) is 0 Å². The van der Waals surface area contributed by atoms with Crippen LogP contribution in [0.4, 0.5) is 19.4 Å². The number of ether oxygens (including phenoxy) is 4. The molecule has 4 fully saturated rings. The molecule has 2 aromatic heterocycles. The van der Waals surface area contributed by atoms with E-state index >= 15 is 4.39 Å². The van der Waals surface area contributed by atoms with Crippen LogP contribution in [0.15, 0.2) is 39.5 Å². The summed E-state index contributed by atoms with van der Waals surface area (Å²) in [5.74, 6) is 3.74. The number of carbonyl (C=O) groups excluding carboxylic acids is 1. The van der Waals surface area contributed by atoms with Crippen molar-refractivity contribution in [1.29, 1.82) is 0 Å². The highest BCUT2D eigenvalue weighted by molar-refractivity contribution is 6.90. The Kier molecular flexibility index (Phi) is 12.6. The third-order valence-corrected chi connectivity index (χ3v) is 20.4. The summed E-state index contributed by atoms with van der Waals surface area (Å²) in [6, 6.07) is 7.94. The number of aromatic nitrogens is 2. The van der Waals surface area contributed by atoms with Gasteiger partial charge in [0, 0.05) is 50.2 Å². The molecule has 4 aliphatic rings. The number of rotatable bonds is 11. The maximum absolute atomic E-state index is 16.4. The standard InChI is InChI=1S/C49H63F2N5O7Si/c1-29(2)64(30(3)4,31(5)6)19-16-37-39(51)15-12-32-20-36(61-28-59-10)21-38(42(32)37)41-22-40-43(45(57)62-41)44(53-46(52-40)60-27-49-17-11-18-55(49)24-33(50)23-49)54-25-34-13-14-35(26-54)56(34)47(58)63-48(7,8)9/h12,15,20-22,29-31,33-35H,11,13-14,17-18,23-28H2,1-10H3/t33-,34?,35?,49+/m1/s1. The SMILES string of the molecule is COCOc1cc(-c2cc3nc(OC[C@@]45CCCN4C[C@H](F)C5)nc(N4CC5CCC(C4)N5C(=O)OC(C)(C)C)c3c(=O)o2)c2c(C#C[Si](C(C)C)(C(C)C)C(C)C)c(F)ccc2c1. The fourth-order valence-electron chi connectivity index (χ4n) is 11.4. The first-order chi connectivity index (χ1) is 30.3. The predicted octanol–water partition coefficient (Wildman–Crippen LogP) is 9.64.